The lowest BCUT2D eigenvalue weighted by Crippen LogP contribution is -2.45. The van der Waals surface area contributed by atoms with E-state index in [1.807, 2.05) is 36.2 Å². The molecule has 3 aliphatic heterocycles. The molecule has 7 heteroatoms. The van der Waals surface area contributed by atoms with Crippen molar-refractivity contribution in [1.82, 2.24) is 10.2 Å². The summed E-state index contributed by atoms with van der Waals surface area (Å²) in [7, 11) is 4.58. The minimum Gasteiger partial charge on any atom is -0.491 e. The van der Waals surface area contributed by atoms with Gasteiger partial charge in [-0.1, -0.05) is 12.1 Å². The van der Waals surface area contributed by atoms with E-state index in [2.05, 4.69) is 5.32 Å². The third-order valence-corrected chi connectivity index (χ3v) is 5.59. The molecule has 0 amide bonds. The van der Waals surface area contributed by atoms with Crippen LogP contribution in [0.2, 0.25) is 0 Å². The van der Waals surface area contributed by atoms with Gasteiger partial charge in [0.2, 0.25) is 0 Å². The summed E-state index contributed by atoms with van der Waals surface area (Å²) >= 11 is 0. The Labute approximate surface area is 151 Å². The molecule has 0 aromatic heterocycles. The van der Waals surface area contributed by atoms with Crippen molar-refractivity contribution in [2.75, 3.05) is 27.9 Å². The van der Waals surface area contributed by atoms with E-state index in [4.69, 9.17) is 14.2 Å². The lowest BCUT2D eigenvalue weighted by molar-refractivity contribution is -0.145. The number of rotatable bonds is 3. The summed E-state index contributed by atoms with van der Waals surface area (Å²) in [5.41, 5.74) is 3.13. The zero-order chi connectivity index (χ0) is 18.4. The Morgan fingerprint density at radius 3 is 2.73 bits per heavy atom. The molecule has 4 rings (SSSR count). The molecule has 0 aliphatic carbocycles. The average molecular weight is 358 g/mol. The number of carbonyl (C=O) groups is 2. The fourth-order valence-corrected chi connectivity index (χ4v) is 4.36. The average Bonchev–Trinajstić information content (AvgIpc) is 3.23. The van der Waals surface area contributed by atoms with E-state index in [1.54, 1.807) is 0 Å². The second-order valence-electron chi connectivity index (χ2n) is 6.88. The topological polar surface area (TPSA) is 77.1 Å². The molecule has 138 valence electrons. The lowest BCUT2D eigenvalue weighted by atomic mass is 9.90. The van der Waals surface area contributed by atoms with Crippen LogP contribution in [-0.2, 0) is 19.1 Å². The van der Waals surface area contributed by atoms with Gasteiger partial charge in [0.15, 0.2) is 0 Å². The van der Waals surface area contributed by atoms with Crippen molar-refractivity contribution in [3.63, 3.8) is 0 Å². The van der Waals surface area contributed by atoms with E-state index < -0.39 is 12.0 Å². The van der Waals surface area contributed by atoms with E-state index in [-0.39, 0.29) is 24.0 Å². The molecule has 1 aromatic carbocycles. The summed E-state index contributed by atoms with van der Waals surface area (Å²) in [4.78, 5) is 26.5. The molecule has 3 aliphatic rings. The van der Waals surface area contributed by atoms with Crippen molar-refractivity contribution in [2.24, 2.45) is 5.92 Å². The number of methoxy groups -OCH3 is 2. The second-order valence-corrected chi connectivity index (χ2v) is 6.88. The fourth-order valence-electron chi connectivity index (χ4n) is 4.36. The maximum absolute atomic E-state index is 12.4. The first-order valence-corrected chi connectivity index (χ1v) is 8.66. The van der Waals surface area contributed by atoms with Crippen LogP contribution < -0.4 is 10.1 Å². The van der Waals surface area contributed by atoms with Crippen LogP contribution >= 0.6 is 0 Å². The highest BCUT2D eigenvalue weighted by Crippen LogP contribution is 2.42. The standard InChI is InChI=1S/C19H22N2O5/c1-21-14(19(23)25-3)8-11(18(22)24-2)17(21)12-7-10-5-4-6-15-16(10)13(20-12)9-26-15/h4-7,11,13-14,17,20H,8-9H2,1-3H3. The molecule has 1 aromatic rings. The lowest BCUT2D eigenvalue weighted by Gasteiger charge is -2.33. The van der Waals surface area contributed by atoms with Gasteiger partial charge in [-0.2, -0.15) is 0 Å². The van der Waals surface area contributed by atoms with Crippen molar-refractivity contribution in [2.45, 2.75) is 24.5 Å². The largest absolute Gasteiger partial charge is 0.491 e. The van der Waals surface area contributed by atoms with E-state index in [0.717, 1.165) is 22.6 Å². The maximum Gasteiger partial charge on any atom is 0.323 e. The molecule has 1 fully saturated rings. The number of ether oxygens (including phenoxy) is 3. The summed E-state index contributed by atoms with van der Waals surface area (Å²) in [6.07, 6.45) is 2.41. The molecule has 26 heavy (non-hydrogen) atoms. The van der Waals surface area contributed by atoms with E-state index >= 15 is 0 Å². The highest BCUT2D eigenvalue weighted by Gasteiger charge is 2.49. The van der Waals surface area contributed by atoms with E-state index in [9.17, 15) is 9.59 Å². The SMILES string of the molecule is COC(=O)C1CC(C(=O)OC)N(C)C1C1=Cc2cccc3c2C(CO3)N1. The third-order valence-electron chi connectivity index (χ3n) is 5.59. The van der Waals surface area contributed by atoms with Gasteiger partial charge < -0.3 is 19.5 Å². The van der Waals surface area contributed by atoms with Gasteiger partial charge in [-0.05, 0) is 31.2 Å². The molecule has 1 N–H and O–H groups in total. The molecule has 4 unspecified atom stereocenters. The van der Waals surface area contributed by atoms with Crippen LogP contribution in [0, 0.1) is 5.92 Å². The summed E-state index contributed by atoms with van der Waals surface area (Å²) in [5.74, 6) is -0.211. The highest BCUT2D eigenvalue weighted by atomic mass is 16.5. The van der Waals surface area contributed by atoms with E-state index in [0.29, 0.717) is 13.0 Å². The summed E-state index contributed by atoms with van der Waals surface area (Å²) < 4.78 is 15.7. The zero-order valence-electron chi connectivity index (χ0n) is 15.0. The number of carbonyl (C=O) groups excluding carboxylic acids is 2. The molecule has 0 saturated carbocycles. The monoisotopic (exact) mass is 358 g/mol. The maximum atomic E-state index is 12.4. The minimum absolute atomic E-state index is 0.0464. The molecular formula is C19H22N2O5. The quantitative estimate of drug-likeness (QED) is 0.811. The van der Waals surface area contributed by atoms with Gasteiger partial charge >= 0.3 is 11.9 Å². The van der Waals surface area contributed by atoms with Crippen LogP contribution in [0.25, 0.3) is 6.08 Å². The first-order chi connectivity index (χ1) is 12.5. The number of likely N-dealkylation sites (tertiary alicyclic amines) is 1. The number of hydrogen-bond acceptors (Lipinski definition) is 7. The van der Waals surface area contributed by atoms with Crippen molar-refractivity contribution in [1.29, 1.82) is 0 Å². The van der Waals surface area contributed by atoms with Crippen LogP contribution in [0.15, 0.2) is 23.9 Å². The molecule has 0 spiro atoms. The summed E-state index contributed by atoms with van der Waals surface area (Å²) in [5, 5.41) is 3.50. The predicted molar refractivity (Wildman–Crippen MR) is 93.3 cm³/mol. The number of nitrogens with zero attached hydrogens (tertiary/aromatic N) is 1. The highest BCUT2D eigenvalue weighted by molar-refractivity contribution is 5.81. The van der Waals surface area contributed by atoms with Gasteiger partial charge in [-0.25, -0.2) is 0 Å². The molecule has 0 bridgehead atoms. The molecule has 0 radical (unpaired) electrons. The van der Waals surface area contributed by atoms with Gasteiger partial charge in [0.1, 0.15) is 18.4 Å². The fraction of sp³-hybridized carbons (Fsp3) is 0.474. The van der Waals surface area contributed by atoms with Gasteiger partial charge in [-0.3, -0.25) is 14.5 Å². The predicted octanol–water partition coefficient (Wildman–Crippen LogP) is 1.10. The molecule has 4 atom stereocenters. The molecular weight excluding hydrogens is 336 g/mol. The molecule has 3 heterocycles. The summed E-state index contributed by atoms with van der Waals surface area (Å²) in [6.45, 7) is 0.545. The Balaban J connectivity index is 1.73. The van der Waals surface area contributed by atoms with Crippen LogP contribution in [0.4, 0.5) is 0 Å². The number of nitrogens with one attached hydrogen (secondary N) is 1. The normalized spacial score (nSPS) is 29.3. The number of hydrogen-bond donors (Lipinski definition) is 1. The van der Waals surface area contributed by atoms with Crippen LogP contribution in [0.5, 0.6) is 5.75 Å². The van der Waals surface area contributed by atoms with Crippen molar-refractivity contribution < 1.29 is 23.8 Å². The number of benzene rings is 1. The van der Waals surface area contributed by atoms with Crippen LogP contribution in [0.3, 0.4) is 0 Å². The van der Waals surface area contributed by atoms with Crippen LogP contribution in [-0.4, -0.2) is 56.8 Å². The van der Waals surface area contributed by atoms with Gasteiger partial charge in [0.05, 0.1) is 32.2 Å². The Kier molecular flexibility index (Phi) is 4.11. The van der Waals surface area contributed by atoms with Gasteiger partial charge in [0, 0.05) is 11.3 Å². The van der Waals surface area contributed by atoms with Crippen molar-refractivity contribution in [3.8, 4) is 5.75 Å². The second kappa shape index (κ2) is 6.32. The Morgan fingerprint density at radius 1 is 1.23 bits per heavy atom. The zero-order valence-corrected chi connectivity index (χ0v) is 15.0. The third kappa shape index (κ3) is 2.46. The Hall–Kier alpha value is -2.54. The van der Waals surface area contributed by atoms with Crippen molar-refractivity contribution in [3.05, 3.63) is 35.0 Å². The molecule has 1 saturated heterocycles. The van der Waals surface area contributed by atoms with Gasteiger partial charge in [-0.15, -0.1) is 0 Å². The Morgan fingerprint density at radius 2 is 2.00 bits per heavy atom. The number of esters is 2. The smallest absolute Gasteiger partial charge is 0.323 e. The molecule has 7 nitrogen and oxygen atoms in total. The van der Waals surface area contributed by atoms with Crippen molar-refractivity contribution >= 4 is 18.0 Å². The first-order valence-electron chi connectivity index (χ1n) is 8.66. The van der Waals surface area contributed by atoms with Gasteiger partial charge in [0.25, 0.3) is 0 Å². The summed E-state index contributed by atoms with van der Waals surface area (Å²) in [6, 6.07) is 5.24. The number of likely N-dealkylation sites (N-methyl/N-ethyl adjacent to an activating group) is 1. The van der Waals surface area contributed by atoms with E-state index in [1.165, 1.54) is 14.2 Å². The van der Waals surface area contributed by atoms with Crippen LogP contribution in [0.1, 0.15) is 23.6 Å². The first kappa shape index (κ1) is 16.9. The minimum atomic E-state index is -0.482. The Bertz CT molecular complexity index is 790.